The lowest BCUT2D eigenvalue weighted by atomic mass is 9.96. The topological polar surface area (TPSA) is 177 Å². The minimum absolute atomic E-state index is 0.661. The van der Waals surface area contributed by atoms with Crippen molar-refractivity contribution in [3.8, 4) is 0 Å². The lowest BCUT2D eigenvalue weighted by molar-refractivity contribution is -0.170. The quantitative estimate of drug-likeness (QED) is 0.235. The van der Waals surface area contributed by atoms with E-state index in [1.807, 2.05) is 48.1 Å². The summed E-state index contributed by atoms with van der Waals surface area (Å²) in [6.45, 7) is 4.75. The minimum Gasteiger partial charge on any atom is -0.481 e. The highest BCUT2D eigenvalue weighted by molar-refractivity contribution is 6.30. The third-order valence-electron chi connectivity index (χ3n) is 6.65. The molecule has 1 unspecified atom stereocenters. The van der Waals surface area contributed by atoms with Crippen LogP contribution in [0.15, 0.2) is 60.9 Å². The molecule has 220 valence electrons. The molecule has 3 aromatic rings. The van der Waals surface area contributed by atoms with Crippen LogP contribution in [-0.2, 0) is 28.0 Å². The highest BCUT2D eigenvalue weighted by Gasteiger charge is 2.40. The van der Waals surface area contributed by atoms with E-state index in [0.717, 1.165) is 49.0 Å². The van der Waals surface area contributed by atoms with E-state index in [4.69, 9.17) is 32.0 Å². The van der Waals surface area contributed by atoms with Gasteiger partial charge in [-0.05, 0) is 23.8 Å². The number of nitrogens with zero attached hydrogens (tertiary/aromatic N) is 4. The fraction of sp³-hybridized carbons (Fsp3) is 0.357. The van der Waals surface area contributed by atoms with E-state index in [1.165, 1.54) is 5.56 Å². The van der Waals surface area contributed by atoms with E-state index in [-0.39, 0.29) is 0 Å². The summed E-state index contributed by atoms with van der Waals surface area (Å²) in [5.41, 5.74) is 0.535. The first-order valence-electron chi connectivity index (χ1n) is 12.7. The Kier molecular flexibility index (Phi) is 10.8. The maximum Gasteiger partial charge on any atom is 0.336 e. The van der Waals surface area contributed by atoms with Crippen molar-refractivity contribution in [2.24, 2.45) is 7.05 Å². The number of rotatable bonds is 10. The molecular formula is C28H33ClN4O8. The van der Waals surface area contributed by atoms with Crippen LogP contribution in [0, 0.1) is 0 Å². The van der Waals surface area contributed by atoms with E-state index in [1.54, 1.807) is 6.20 Å². The number of carboxylic acid groups (broad SMARTS) is 3. The lowest BCUT2D eigenvalue weighted by Crippen LogP contribution is -2.46. The Morgan fingerprint density at radius 3 is 2.05 bits per heavy atom. The van der Waals surface area contributed by atoms with Gasteiger partial charge >= 0.3 is 17.9 Å². The number of aliphatic carboxylic acids is 3. The van der Waals surface area contributed by atoms with Crippen molar-refractivity contribution in [3.63, 3.8) is 0 Å². The Labute approximate surface area is 241 Å². The van der Waals surface area contributed by atoms with Crippen molar-refractivity contribution in [1.29, 1.82) is 0 Å². The van der Waals surface area contributed by atoms with E-state index < -0.39 is 42.5 Å². The molecule has 1 aliphatic rings. The number of aliphatic hydroxyl groups is 2. The second kappa shape index (κ2) is 14.1. The summed E-state index contributed by atoms with van der Waals surface area (Å²) in [5.74, 6) is -4.36. The molecule has 13 heteroatoms. The van der Waals surface area contributed by atoms with Crippen LogP contribution in [0.1, 0.15) is 35.9 Å². The number of hydrogen-bond acceptors (Lipinski definition) is 8. The second-order valence-corrected chi connectivity index (χ2v) is 10.2. The molecular weight excluding hydrogens is 556 g/mol. The van der Waals surface area contributed by atoms with Gasteiger partial charge in [0.05, 0.1) is 12.8 Å². The number of anilines is 1. The Hall–Kier alpha value is -3.97. The highest BCUT2D eigenvalue weighted by Crippen LogP contribution is 2.30. The summed E-state index contributed by atoms with van der Waals surface area (Å²) >= 11 is 5.98. The van der Waals surface area contributed by atoms with Crippen LogP contribution >= 0.6 is 11.6 Å². The van der Waals surface area contributed by atoms with Gasteiger partial charge in [-0.1, -0.05) is 41.9 Å². The predicted molar refractivity (Wildman–Crippen MR) is 150 cm³/mol. The Balaban J connectivity index is 0.000000302. The van der Waals surface area contributed by atoms with Crippen molar-refractivity contribution in [1.82, 2.24) is 14.5 Å². The number of benzene rings is 2. The number of carboxylic acids is 3. The molecule has 5 N–H and O–H groups in total. The minimum atomic E-state index is -2.74. The average Bonchev–Trinajstić information content (AvgIpc) is 3.35. The summed E-state index contributed by atoms with van der Waals surface area (Å²) in [5, 5.41) is 45.5. The number of para-hydroxylation sites is 1. The van der Waals surface area contributed by atoms with Gasteiger partial charge in [0.25, 0.3) is 0 Å². The third kappa shape index (κ3) is 8.76. The summed E-state index contributed by atoms with van der Waals surface area (Å²) in [4.78, 5) is 39.6. The molecule has 0 aliphatic carbocycles. The van der Waals surface area contributed by atoms with Gasteiger partial charge in [0.15, 0.2) is 5.60 Å². The molecule has 1 aliphatic heterocycles. The van der Waals surface area contributed by atoms with Gasteiger partial charge in [0.2, 0.25) is 0 Å². The van der Waals surface area contributed by atoms with Crippen LogP contribution in [-0.4, -0.2) is 89.7 Å². The zero-order chi connectivity index (χ0) is 30.2. The largest absolute Gasteiger partial charge is 0.481 e. The van der Waals surface area contributed by atoms with Crippen molar-refractivity contribution >= 4 is 35.2 Å². The first kappa shape index (κ1) is 31.6. The zero-order valence-electron chi connectivity index (χ0n) is 22.4. The van der Waals surface area contributed by atoms with Gasteiger partial charge in [-0.3, -0.25) is 14.5 Å². The van der Waals surface area contributed by atoms with Gasteiger partial charge in [0, 0.05) is 68.4 Å². The highest BCUT2D eigenvalue weighted by atomic mass is 35.5. The zero-order valence-corrected chi connectivity index (χ0v) is 23.2. The maximum atomic E-state index is 10.9. The number of piperazine rings is 1. The first-order chi connectivity index (χ1) is 19.4. The summed E-state index contributed by atoms with van der Waals surface area (Å²) < 4.78 is 1.87. The number of carbonyl (C=O) groups is 3. The monoisotopic (exact) mass is 588 g/mol. The van der Waals surface area contributed by atoms with Crippen molar-refractivity contribution in [2.75, 3.05) is 31.1 Å². The van der Waals surface area contributed by atoms with Crippen LogP contribution < -0.4 is 4.90 Å². The van der Waals surface area contributed by atoms with Gasteiger partial charge in [-0.25, -0.2) is 9.78 Å². The summed E-state index contributed by atoms with van der Waals surface area (Å²) in [6.07, 6.45) is 0.555. The SMILES string of the molecule is Cn1ccnc1C(O)c1ccccc1N1CCN(Cc2ccc(Cl)cc2)CC1.O=C(O)CC(O)(CC(=O)O)C(=O)O. The molecule has 2 heterocycles. The van der Waals surface area contributed by atoms with Crippen LogP contribution in [0.5, 0.6) is 0 Å². The van der Waals surface area contributed by atoms with Crippen LogP contribution in [0.4, 0.5) is 5.69 Å². The Morgan fingerprint density at radius 1 is 0.951 bits per heavy atom. The van der Waals surface area contributed by atoms with Crippen LogP contribution in [0.2, 0.25) is 5.02 Å². The van der Waals surface area contributed by atoms with Gasteiger partial charge in [-0.15, -0.1) is 0 Å². The normalized spacial score (nSPS) is 14.6. The molecule has 1 fully saturated rings. The predicted octanol–water partition coefficient (Wildman–Crippen LogP) is 2.23. The molecule has 0 spiro atoms. The molecule has 1 aromatic heterocycles. The molecule has 0 saturated carbocycles. The van der Waals surface area contributed by atoms with Crippen LogP contribution in [0.3, 0.4) is 0 Å². The molecule has 1 atom stereocenters. The number of aromatic nitrogens is 2. The first-order valence-corrected chi connectivity index (χ1v) is 13.1. The summed E-state index contributed by atoms with van der Waals surface area (Å²) in [7, 11) is 1.91. The molecule has 1 saturated heterocycles. The number of imidazole rings is 1. The van der Waals surface area contributed by atoms with Gasteiger partial charge < -0.3 is 35.0 Å². The fourth-order valence-corrected chi connectivity index (χ4v) is 4.62. The third-order valence-corrected chi connectivity index (χ3v) is 6.90. The van der Waals surface area contributed by atoms with E-state index in [0.29, 0.717) is 5.82 Å². The van der Waals surface area contributed by atoms with Crippen molar-refractivity contribution < 1.29 is 39.9 Å². The number of hydrogen-bond donors (Lipinski definition) is 5. The van der Waals surface area contributed by atoms with Gasteiger partial charge in [-0.2, -0.15) is 0 Å². The lowest BCUT2D eigenvalue weighted by Gasteiger charge is -2.37. The van der Waals surface area contributed by atoms with Crippen LogP contribution in [0.25, 0.3) is 0 Å². The fourth-order valence-electron chi connectivity index (χ4n) is 4.50. The number of aliphatic hydroxyl groups excluding tert-OH is 1. The molecule has 0 amide bonds. The smallest absolute Gasteiger partial charge is 0.336 e. The Bertz CT molecular complexity index is 1320. The van der Waals surface area contributed by atoms with Gasteiger partial charge in [0.1, 0.15) is 11.9 Å². The molecule has 12 nitrogen and oxygen atoms in total. The Morgan fingerprint density at radius 2 is 1.54 bits per heavy atom. The molecule has 2 aromatic carbocycles. The van der Waals surface area contributed by atoms with E-state index in [9.17, 15) is 19.5 Å². The summed E-state index contributed by atoms with van der Waals surface area (Å²) in [6, 6.07) is 16.2. The number of halogens is 1. The number of aryl methyl sites for hydroxylation is 1. The standard InChI is InChI=1S/C22H25ClN4O.C6H8O7/c1-25-11-10-24-22(25)21(28)19-4-2-3-5-20(19)27-14-12-26(13-15-27)16-17-6-8-18(23)9-7-17;7-3(8)1-6(13,5(11)12)2-4(9)10/h2-11,21,28H,12-16H2,1H3;13H,1-2H2,(H,7,8)(H,9,10)(H,11,12). The van der Waals surface area contributed by atoms with Crippen molar-refractivity contribution in [3.05, 3.63) is 82.9 Å². The second-order valence-electron chi connectivity index (χ2n) is 9.73. The molecule has 41 heavy (non-hydrogen) atoms. The maximum absolute atomic E-state index is 10.9. The van der Waals surface area contributed by atoms with Crippen molar-refractivity contribution in [2.45, 2.75) is 31.1 Å². The average molecular weight is 589 g/mol. The molecule has 4 rings (SSSR count). The molecule has 0 bridgehead atoms. The van der Waals surface area contributed by atoms with E-state index >= 15 is 0 Å². The molecule has 0 radical (unpaired) electrons. The van der Waals surface area contributed by atoms with E-state index in [2.05, 4.69) is 33.0 Å².